The maximum atomic E-state index is 2.49. The lowest BCUT2D eigenvalue weighted by Crippen LogP contribution is -2.61. The average Bonchev–Trinajstić information content (AvgIpc) is 3.18. The van der Waals surface area contributed by atoms with E-state index in [9.17, 15) is 0 Å². The molecule has 2 aliphatic rings. The number of aryl methyl sites for hydroxylation is 1. The number of hydrogen-bond acceptors (Lipinski definition) is 2. The molecule has 0 amide bonds. The van der Waals surface area contributed by atoms with Crippen molar-refractivity contribution in [2.75, 3.05) is 9.80 Å². The molecule has 3 heteroatoms. The fourth-order valence-corrected chi connectivity index (χ4v) is 8.40. The van der Waals surface area contributed by atoms with E-state index in [0.717, 1.165) is 11.4 Å². The van der Waals surface area contributed by atoms with Crippen LogP contribution in [0.1, 0.15) is 5.56 Å². The van der Waals surface area contributed by atoms with E-state index in [1.54, 1.807) is 0 Å². The standard InChI is InChI=1S/C47H33BN2/c1-32-15-14-22-39(35-28-27-33-16-8-9-17-34(33)29-35)46(32)36-30-44-47-45(31-36)50(38-20-6-3-7-21-38)43-26-13-11-24-41(43)48(47)40-23-10-12-25-42(40)49(44)37-18-4-2-5-19-37/h2-31H,1H3. The van der Waals surface area contributed by atoms with E-state index in [0.29, 0.717) is 0 Å². The quantitative estimate of drug-likeness (QED) is 0.177. The third-order valence-corrected chi connectivity index (χ3v) is 10.5. The van der Waals surface area contributed by atoms with Gasteiger partial charge in [0.1, 0.15) is 0 Å². The van der Waals surface area contributed by atoms with Crippen LogP contribution in [-0.4, -0.2) is 6.71 Å². The summed E-state index contributed by atoms with van der Waals surface area (Å²) >= 11 is 0. The summed E-state index contributed by atoms with van der Waals surface area (Å²) < 4.78 is 0. The molecule has 2 heterocycles. The molecular formula is C47H33BN2. The van der Waals surface area contributed by atoms with Gasteiger partial charge in [0.2, 0.25) is 0 Å². The Kier molecular flexibility index (Phi) is 6.53. The Morgan fingerprint density at radius 1 is 0.400 bits per heavy atom. The van der Waals surface area contributed by atoms with Crippen molar-refractivity contribution in [3.63, 3.8) is 0 Å². The molecule has 0 atom stereocenters. The molecule has 0 radical (unpaired) electrons. The zero-order chi connectivity index (χ0) is 33.2. The van der Waals surface area contributed by atoms with Gasteiger partial charge in [-0.05, 0) is 116 Å². The SMILES string of the molecule is Cc1cccc(-c2ccc3ccccc3c2)c1-c1cc2c3c(c1)N(c1ccccc1)c1ccccc1B3c1ccccc1N2c1ccccc1. The highest BCUT2D eigenvalue weighted by molar-refractivity contribution is 7.00. The molecule has 2 aliphatic heterocycles. The van der Waals surface area contributed by atoms with Crippen molar-refractivity contribution >= 4 is 68.0 Å². The highest BCUT2D eigenvalue weighted by atomic mass is 15.2. The summed E-state index contributed by atoms with van der Waals surface area (Å²) in [6, 6.07) is 66.8. The van der Waals surface area contributed by atoms with Crippen molar-refractivity contribution in [1.82, 2.24) is 0 Å². The fourth-order valence-electron chi connectivity index (χ4n) is 8.40. The fraction of sp³-hybridized carbons (Fsp3) is 0.0213. The van der Waals surface area contributed by atoms with Gasteiger partial charge in [0.05, 0.1) is 0 Å². The van der Waals surface area contributed by atoms with Crippen LogP contribution in [0, 0.1) is 6.92 Å². The first-order valence-corrected chi connectivity index (χ1v) is 17.4. The van der Waals surface area contributed by atoms with Crippen LogP contribution >= 0.6 is 0 Å². The first kappa shape index (κ1) is 28.7. The van der Waals surface area contributed by atoms with Crippen LogP contribution in [0.25, 0.3) is 33.0 Å². The summed E-state index contributed by atoms with van der Waals surface area (Å²) in [5.41, 5.74) is 17.4. The Morgan fingerprint density at radius 2 is 0.940 bits per heavy atom. The summed E-state index contributed by atoms with van der Waals surface area (Å²) in [5.74, 6) is 0. The smallest absolute Gasteiger partial charge is 0.252 e. The highest BCUT2D eigenvalue weighted by Crippen LogP contribution is 2.47. The molecule has 0 saturated carbocycles. The zero-order valence-electron chi connectivity index (χ0n) is 27.8. The van der Waals surface area contributed by atoms with Crippen LogP contribution < -0.4 is 26.2 Å². The lowest BCUT2D eigenvalue weighted by Gasteiger charge is -2.44. The van der Waals surface area contributed by atoms with Gasteiger partial charge in [-0.25, -0.2) is 0 Å². The van der Waals surface area contributed by atoms with Crippen molar-refractivity contribution in [3.8, 4) is 22.3 Å². The van der Waals surface area contributed by atoms with Gasteiger partial charge >= 0.3 is 0 Å². The van der Waals surface area contributed by atoms with E-state index >= 15 is 0 Å². The van der Waals surface area contributed by atoms with Crippen molar-refractivity contribution in [2.45, 2.75) is 6.92 Å². The van der Waals surface area contributed by atoms with E-state index in [2.05, 4.69) is 199 Å². The van der Waals surface area contributed by atoms with Crippen molar-refractivity contribution in [2.24, 2.45) is 0 Å². The minimum atomic E-state index is 0.0956. The van der Waals surface area contributed by atoms with Gasteiger partial charge in [0.15, 0.2) is 0 Å². The Hall–Kier alpha value is -6.32. The topological polar surface area (TPSA) is 6.48 Å². The van der Waals surface area contributed by atoms with E-state index < -0.39 is 0 Å². The van der Waals surface area contributed by atoms with Crippen molar-refractivity contribution < 1.29 is 0 Å². The second kappa shape index (κ2) is 11.4. The van der Waals surface area contributed by atoms with E-state index in [4.69, 9.17) is 0 Å². The Morgan fingerprint density at radius 3 is 1.56 bits per heavy atom. The largest absolute Gasteiger partial charge is 0.311 e. The molecule has 0 fully saturated rings. The second-order valence-corrected chi connectivity index (χ2v) is 13.4. The van der Waals surface area contributed by atoms with Crippen LogP contribution in [-0.2, 0) is 0 Å². The molecular weight excluding hydrogens is 603 g/mol. The molecule has 50 heavy (non-hydrogen) atoms. The molecule has 234 valence electrons. The molecule has 0 aromatic heterocycles. The Balaban J connectivity index is 1.31. The summed E-state index contributed by atoms with van der Waals surface area (Å²) in [6.45, 7) is 2.35. The maximum Gasteiger partial charge on any atom is 0.252 e. The number of nitrogens with zero attached hydrogens (tertiary/aromatic N) is 2. The van der Waals surface area contributed by atoms with Crippen LogP contribution in [0.15, 0.2) is 182 Å². The second-order valence-electron chi connectivity index (χ2n) is 13.4. The molecule has 8 aromatic rings. The van der Waals surface area contributed by atoms with Crippen LogP contribution in [0.2, 0.25) is 0 Å². The summed E-state index contributed by atoms with van der Waals surface area (Å²) in [5, 5.41) is 2.50. The molecule has 0 aliphatic carbocycles. The molecule has 8 aromatic carbocycles. The van der Waals surface area contributed by atoms with Gasteiger partial charge < -0.3 is 9.80 Å². The van der Waals surface area contributed by atoms with Gasteiger partial charge in [-0.15, -0.1) is 0 Å². The van der Waals surface area contributed by atoms with Crippen molar-refractivity contribution in [1.29, 1.82) is 0 Å². The monoisotopic (exact) mass is 636 g/mol. The molecule has 10 rings (SSSR count). The van der Waals surface area contributed by atoms with E-state index in [-0.39, 0.29) is 6.71 Å². The van der Waals surface area contributed by atoms with Gasteiger partial charge in [0.25, 0.3) is 6.71 Å². The predicted molar refractivity (Wildman–Crippen MR) is 214 cm³/mol. The predicted octanol–water partition coefficient (Wildman–Crippen LogP) is 10.6. The van der Waals surface area contributed by atoms with E-state index in [1.165, 1.54) is 77.7 Å². The number of fused-ring (bicyclic) bond motifs is 5. The van der Waals surface area contributed by atoms with Crippen molar-refractivity contribution in [3.05, 3.63) is 188 Å². The molecule has 0 N–H and O–H groups in total. The Labute approximate surface area is 293 Å². The maximum absolute atomic E-state index is 2.49. The lowest BCUT2D eigenvalue weighted by atomic mass is 9.33. The van der Waals surface area contributed by atoms with Crippen LogP contribution in [0.3, 0.4) is 0 Å². The highest BCUT2D eigenvalue weighted by Gasteiger charge is 2.43. The zero-order valence-corrected chi connectivity index (χ0v) is 27.8. The minimum Gasteiger partial charge on any atom is -0.311 e. The van der Waals surface area contributed by atoms with Crippen LogP contribution in [0.5, 0.6) is 0 Å². The number of para-hydroxylation sites is 4. The summed E-state index contributed by atoms with van der Waals surface area (Å²) in [6.07, 6.45) is 0. The van der Waals surface area contributed by atoms with Gasteiger partial charge in [-0.1, -0.05) is 127 Å². The first-order chi connectivity index (χ1) is 24.7. The van der Waals surface area contributed by atoms with Gasteiger partial charge in [-0.3, -0.25) is 0 Å². The van der Waals surface area contributed by atoms with E-state index in [1.807, 2.05) is 0 Å². The number of anilines is 6. The van der Waals surface area contributed by atoms with Gasteiger partial charge in [0, 0.05) is 34.1 Å². The molecule has 0 saturated heterocycles. The number of benzene rings is 8. The number of rotatable bonds is 4. The Bertz CT molecular complexity index is 2460. The van der Waals surface area contributed by atoms with Gasteiger partial charge in [-0.2, -0.15) is 0 Å². The summed E-state index contributed by atoms with van der Waals surface area (Å²) in [7, 11) is 0. The summed E-state index contributed by atoms with van der Waals surface area (Å²) in [4.78, 5) is 4.97. The number of hydrogen-bond donors (Lipinski definition) is 0. The minimum absolute atomic E-state index is 0.0956. The third-order valence-electron chi connectivity index (χ3n) is 10.5. The van der Waals surface area contributed by atoms with Crippen LogP contribution in [0.4, 0.5) is 34.1 Å². The lowest BCUT2D eigenvalue weighted by molar-refractivity contribution is 1.25. The molecule has 0 bridgehead atoms. The molecule has 0 spiro atoms. The molecule has 2 nitrogen and oxygen atoms in total. The average molecular weight is 637 g/mol. The molecule has 0 unspecified atom stereocenters. The first-order valence-electron chi connectivity index (χ1n) is 17.4. The third kappa shape index (κ3) is 4.37. The normalized spacial score (nSPS) is 12.8.